The normalized spacial score (nSPS) is 25.4. The van der Waals surface area contributed by atoms with Gasteiger partial charge in [-0.1, -0.05) is 156 Å². The van der Waals surface area contributed by atoms with E-state index in [-0.39, 0.29) is 98.0 Å². The average molecular weight is 1860 g/mol. The van der Waals surface area contributed by atoms with Crippen LogP contribution in [-0.2, 0) is 96.4 Å². The summed E-state index contributed by atoms with van der Waals surface area (Å²) in [5, 5.41) is 33.7. The molecule has 4 saturated heterocycles. The minimum absolute atomic E-state index is 0.0216. The Labute approximate surface area is 758 Å². The van der Waals surface area contributed by atoms with Gasteiger partial charge in [-0.3, -0.25) is 14.2 Å². The van der Waals surface area contributed by atoms with Crippen molar-refractivity contribution in [2.75, 3.05) is 97.8 Å². The number of nitrogens with zero attached hydrogens (tertiary/aromatic N) is 3. The van der Waals surface area contributed by atoms with Gasteiger partial charge in [0.2, 0.25) is 41.1 Å². The van der Waals surface area contributed by atoms with Crippen LogP contribution in [0.2, 0.25) is 37.3 Å². The summed E-state index contributed by atoms with van der Waals surface area (Å²) in [6.45, 7) is 53.1. The molecule has 5 heterocycles. The van der Waals surface area contributed by atoms with E-state index in [0.29, 0.717) is 109 Å². The van der Waals surface area contributed by atoms with Crippen LogP contribution >= 0.6 is 8.25 Å². The molecule has 30 nitrogen and oxygen atoms in total. The molecule has 0 bridgehead atoms. The molecule has 4 fully saturated rings. The maximum atomic E-state index is 12.2. The second kappa shape index (κ2) is 65.3. The fourth-order valence-electron chi connectivity index (χ4n) is 13.9. The zero-order valence-electron chi connectivity index (χ0n) is 82.1. The van der Waals surface area contributed by atoms with Crippen molar-refractivity contribution < 1.29 is 116 Å². The predicted octanol–water partition coefficient (Wildman–Crippen LogP) is 12.7. The summed E-state index contributed by atoms with van der Waals surface area (Å²) < 4.78 is 105. The van der Waals surface area contributed by atoms with Gasteiger partial charge >= 0.3 is 124 Å². The summed E-state index contributed by atoms with van der Waals surface area (Å²) in [5.41, 5.74) is 4.91. The number of anilines is 1. The number of hydrogen-bond acceptors (Lipinski definition) is 26. The Hall–Kier alpha value is -2.28. The van der Waals surface area contributed by atoms with E-state index in [4.69, 9.17) is 70.1 Å². The minimum atomic E-state index is -2.95. The van der Waals surface area contributed by atoms with E-state index in [9.17, 15) is 38.8 Å². The molecule has 5 rings (SSSR count). The number of aliphatic hydroxyl groups excluding tert-OH is 2. The van der Waals surface area contributed by atoms with Crippen molar-refractivity contribution in [1.29, 1.82) is 0 Å². The summed E-state index contributed by atoms with van der Waals surface area (Å²) in [5.74, 6) is 4.09. The first kappa shape index (κ1) is 112. The number of aromatic nitrogens is 2. The van der Waals surface area contributed by atoms with Crippen LogP contribution in [0.15, 0.2) is 21.0 Å². The first-order valence-corrected chi connectivity index (χ1v) is 53.4. The van der Waals surface area contributed by atoms with Crippen molar-refractivity contribution in [3.8, 4) is 0 Å². The molecule has 0 aromatic carbocycles. The zero-order valence-corrected chi connectivity index (χ0v) is 85.4. The number of ether oxygens (including phenoxy) is 7. The van der Waals surface area contributed by atoms with Crippen molar-refractivity contribution in [2.45, 2.75) is 370 Å². The number of amides is 3. The number of hydrogen-bond donors (Lipinski definition) is 8. The summed E-state index contributed by atoms with van der Waals surface area (Å²) in [6.07, 6.45) is 10.8. The van der Waals surface area contributed by atoms with Crippen molar-refractivity contribution in [2.24, 2.45) is 57.0 Å². The monoisotopic (exact) mass is 1860 g/mol. The molecule has 709 valence electrons. The van der Waals surface area contributed by atoms with Crippen LogP contribution < -0.4 is 42.9 Å². The van der Waals surface area contributed by atoms with Gasteiger partial charge in [-0.05, 0) is 176 Å². The number of aliphatic hydroxyl groups is 2. The molecule has 0 saturated carbocycles. The Morgan fingerprint density at radius 3 is 1.44 bits per heavy atom. The van der Waals surface area contributed by atoms with E-state index in [1.807, 2.05) is 24.3 Å². The quantitative estimate of drug-likeness (QED) is 0.0130. The molecule has 4 aliphatic rings. The van der Waals surface area contributed by atoms with Gasteiger partial charge in [-0.2, -0.15) is 4.98 Å². The van der Waals surface area contributed by atoms with Crippen LogP contribution in [-0.4, -0.2) is 239 Å². The van der Waals surface area contributed by atoms with Crippen molar-refractivity contribution >= 4 is 69.4 Å². The number of nitrogens with one attached hydrogen (secondary N) is 5. The summed E-state index contributed by atoms with van der Waals surface area (Å²) in [6, 6.07) is 5.64. The first-order valence-electron chi connectivity index (χ1n) is 46.9. The topological polar surface area (TPSA) is 385 Å². The van der Waals surface area contributed by atoms with Gasteiger partial charge in [0.15, 0.2) is 20.9 Å². The molecule has 1 aromatic heterocycles. The molecular formula is C86H168N9O21PSi4V. The fourth-order valence-corrected chi connectivity index (χ4v) is 20.8. The fraction of sp³-hybridized carbons (Fsp3) is 0.919. The third-order valence-electron chi connectivity index (χ3n) is 25.0. The van der Waals surface area contributed by atoms with Gasteiger partial charge in [0, 0.05) is 45.1 Å². The Balaban J connectivity index is 0.000000787. The van der Waals surface area contributed by atoms with Crippen molar-refractivity contribution in [1.82, 2.24) is 30.8 Å². The molecule has 122 heavy (non-hydrogen) atoms. The van der Waals surface area contributed by atoms with E-state index < -0.39 is 85.2 Å². The number of nitrogens with two attached hydrogens (primary N) is 1. The van der Waals surface area contributed by atoms with Crippen molar-refractivity contribution in [3.63, 3.8) is 0 Å². The SMILES string of the molecule is CCC(C)C(C)(O[Si](C)(C)CCCN)C(C)CC.CNCCCCCNc1ccn(C2CC(O[P+](=O)[O-])C(C)O2)c(=O)n1.[3H]C1CC(OCC(=O)NCCC[Si]OC(C)(C(C)C)C(C)CC)C(O)O1.[3H]C1CC(OCC(=O)NCCC[Si]OC(C)(C(C)C)C(C)CC)C(O)O1.[3H]C1CC(OCC(=O)NCCC[Si]OC(C)(C(C)CC)C(C)CC)C(CO[N]=[V])O1. The standard InChI is InChI=1S/C20H38N2O5Si.2C18H35NO5Si.C15H25N4O5P.C15H35NOSi.V/c1-6-15(3)20(5,16(4)7-2)27-28-12-8-10-22-19(23)14-25-17-9-11-24-18(17)13-26-21;2*1-6-14(4)18(5,13(2)3)24-25-11-7-9-19-16(20)12-23-15-8-10-22-17(15)21;1-11-12(24-25(21)22)10-14(23-11)19-9-6-13(18-15(19)20)17-8-5-3-4-7-16-2;1-8-13(3)15(5,14(4)9-2)17-18(6,7)12-10-11-16;/h15-18H,6-14H2,1-5H3,(H,22,23);2*13-15,17,21H,6-12H2,1-5H3,(H,19,20);6,9,11-12,14,16H,3-5,7-8,10H2,1-2H3,(H,17,18,20);13-14H,8-12,16H2,1-7H3;/i11T;2*10T;;;. The summed E-state index contributed by atoms with van der Waals surface area (Å²) in [7, 11) is -1.34. The number of unbranched alkanes of at least 4 members (excludes halogenated alkanes) is 2. The predicted molar refractivity (Wildman–Crippen MR) is 481 cm³/mol. The molecule has 21 atom stereocenters. The number of carbonyl (C=O) groups is 3. The van der Waals surface area contributed by atoms with Crippen LogP contribution in [0.25, 0.3) is 0 Å². The van der Waals surface area contributed by atoms with Crippen LogP contribution in [0.5, 0.6) is 0 Å². The average Bonchev–Trinajstić information content (AvgIpc) is 1.80. The number of carbonyl (C=O) groups excluding carboxylic acids is 3. The van der Waals surface area contributed by atoms with Gasteiger partial charge in [-0.25, -0.2) is 4.79 Å². The van der Waals surface area contributed by atoms with Crippen LogP contribution in [0.1, 0.15) is 265 Å². The molecule has 0 aliphatic carbocycles. The van der Waals surface area contributed by atoms with E-state index >= 15 is 0 Å². The Bertz CT molecular complexity index is 3050. The second-order valence-corrected chi connectivity index (χ2v) is 42.7. The van der Waals surface area contributed by atoms with Crippen molar-refractivity contribution in [3.05, 3.63) is 22.7 Å². The number of rotatable bonds is 59. The van der Waals surface area contributed by atoms with Crippen LogP contribution in [0.3, 0.4) is 0 Å². The molecule has 21 unspecified atom stereocenters. The van der Waals surface area contributed by atoms with Gasteiger partial charge in [-0.15, -0.1) is 4.52 Å². The third-order valence-corrected chi connectivity index (χ3v) is 31.6. The molecule has 9 N–H and O–H groups in total. The molecule has 36 heteroatoms. The van der Waals surface area contributed by atoms with Gasteiger partial charge in [0.05, 0.1) is 44.4 Å². The molecule has 0 spiro atoms. The molecule has 3 amide bonds. The summed E-state index contributed by atoms with van der Waals surface area (Å²) >= 11 is 1.97. The van der Waals surface area contributed by atoms with Gasteiger partial charge < -0.3 is 83.5 Å². The maximum absolute atomic E-state index is 12.2. The second-order valence-electron chi connectivity index (χ2n) is 34.6. The molecule has 1 aromatic rings. The zero-order chi connectivity index (χ0) is 94.7. The summed E-state index contributed by atoms with van der Waals surface area (Å²) in [4.78, 5) is 67.5. The Morgan fingerprint density at radius 1 is 0.639 bits per heavy atom. The van der Waals surface area contributed by atoms with Crippen LogP contribution in [0.4, 0.5) is 5.82 Å². The van der Waals surface area contributed by atoms with E-state index in [1.165, 1.54) is 23.5 Å². The van der Waals surface area contributed by atoms with E-state index in [2.05, 4.69) is 187 Å². The van der Waals surface area contributed by atoms with Crippen LogP contribution in [0, 0.1) is 47.3 Å². The Morgan fingerprint density at radius 2 is 1.05 bits per heavy atom. The van der Waals surface area contributed by atoms with Gasteiger partial charge in [0.25, 0.3) is 0 Å². The third kappa shape index (κ3) is 45.0. The molecule has 6 radical (unpaired) electrons. The molecular weight excluding hydrogens is 1690 g/mol. The van der Waals surface area contributed by atoms with E-state index in [0.717, 1.165) is 108 Å². The Kier molecular flexibility index (Phi) is 60.0. The van der Waals surface area contributed by atoms with Gasteiger partial charge in [0.1, 0.15) is 43.6 Å². The van der Waals surface area contributed by atoms with E-state index in [1.54, 1.807) is 19.2 Å². The first-order chi connectivity index (χ1) is 58.9. The molecule has 4 aliphatic heterocycles.